The lowest BCUT2D eigenvalue weighted by Gasteiger charge is -2.34. The number of hydrogen-bond acceptors (Lipinski definition) is 3. The van der Waals surface area contributed by atoms with Gasteiger partial charge in [-0.2, -0.15) is 11.8 Å². The molecule has 0 bridgehead atoms. The van der Waals surface area contributed by atoms with Crippen LogP contribution >= 0.6 is 11.8 Å². The van der Waals surface area contributed by atoms with E-state index in [0.717, 1.165) is 17.5 Å². The van der Waals surface area contributed by atoms with E-state index in [0.29, 0.717) is 0 Å². The molecule has 1 saturated heterocycles. The SMILES string of the molecule is Cc1cc(F)ccc1C(NN)C1(C)CCCS1. The Kier molecular flexibility index (Phi) is 3.76. The van der Waals surface area contributed by atoms with Gasteiger partial charge in [-0.15, -0.1) is 0 Å². The Morgan fingerprint density at radius 3 is 2.82 bits per heavy atom. The van der Waals surface area contributed by atoms with Crippen LogP contribution in [0.15, 0.2) is 18.2 Å². The number of rotatable bonds is 3. The predicted molar refractivity (Wildman–Crippen MR) is 71.3 cm³/mol. The molecule has 1 aromatic rings. The molecule has 1 fully saturated rings. The minimum atomic E-state index is -0.189. The highest BCUT2D eigenvalue weighted by Gasteiger charge is 2.38. The lowest BCUT2D eigenvalue weighted by molar-refractivity contribution is 0.419. The third kappa shape index (κ3) is 2.49. The number of benzene rings is 1. The minimum absolute atomic E-state index is 0.0793. The number of hydrogen-bond donors (Lipinski definition) is 2. The molecule has 2 nitrogen and oxygen atoms in total. The van der Waals surface area contributed by atoms with Crippen LogP contribution in [0.3, 0.4) is 0 Å². The van der Waals surface area contributed by atoms with Gasteiger partial charge in [-0.3, -0.25) is 11.3 Å². The molecule has 2 atom stereocenters. The number of aryl methyl sites for hydroxylation is 1. The summed E-state index contributed by atoms with van der Waals surface area (Å²) >= 11 is 1.95. The van der Waals surface area contributed by atoms with Crippen molar-refractivity contribution in [2.75, 3.05) is 5.75 Å². The molecule has 17 heavy (non-hydrogen) atoms. The van der Waals surface area contributed by atoms with Crippen molar-refractivity contribution in [2.24, 2.45) is 5.84 Å². The highest BCUT2D eigenvalue weighted by atomic mass is 32.2. The molecule has 0 radical (unpaired) electrons. The third-order valence-electron chi connectivity index (χ3n) is 3.57. The zero-order valence-corrected chi connectivity index (χ0v) is 11.1. The van der Waals surface area contributed by atoms with E-state index < -0.39 is 0 Å². The summed E-state index contributed by atoms with van der Waals surface area (Å²) in [6, 6.07) is 5.01. The van der Waals surface area contributed by atoms with Crippen LogP contribution < -0.4 is 11.3 Å². The van der Waals surface area contributed by atoms with Crippen molar-refractivity contribution >= 4 is 11.8 Å². The number of nitrogens with one attached hydrogen (secondary N) is 1. The average Bonchev–Trinajstić information content (AvgIpc) is 2.70. The Labute approximate surface area is 106 Å². The summed E-state index contributed by atoms with van der Waals surface area (Å²) in [5.41, 5.74) is 4.98. The van der Waals surface area contributed by atoms with E-state index in [9.17, 15) is 4.39 Å². The van der Waals surface area contributed by atoms with Crippen molar-refractivity contribution < 1.29 is 4.39 Å². The van der Waals surface area contributed by atoms with Crippen LogP contribution in [-0.2, 0) is 0 Å². The van der Waals surface area contributed by atoms with E-state index in [1.165, 1.54) is 18.2 Å². The van der Waals surface area contributed by atoms with Gasteiger partial charge in [-0.25, -0.2) is 4.39 Å². The standard InChI is InChI=1S/C13H19FN2S/c1-9-8-10(14)4-5-11(9)12(16-15)13(2)6-3-7-17-13/h4-5,8,12,16H,3,6-7,15H2,1-2H3. The molecule has 2 unspecified atom stereocenters. The van der Waals surface area contributed by atoms with Crippen LogP contribution in [0.5, 0.6) is 0 Å². The maximum atomic E-state index is 13.1. The van der Waals surface area contributed by atoms with Gasteiger partial charge in [0.2, 0.25) is 0 Å². The Hall–Kier alpha value is -0.580. The minimum Gasteiger partial charge on any atom is -0.271 e. The first-order chi connectivity index (χ1) is 8.07. The second-order valence-corrected chi connectivity index (χ2v) is 6.49. The topological polar surface area (TPSA) is 38.0 Å². The first-order valence-corrected chi connectivity index (χ1v) is 6.91. The van der Waals surface area contributed by atoms with Gasteiger partial charge < -0.3 is 0 Å². The second kappa shape index (κ2) is 4.96. The summed E-state index contributed by atoms with van der Waals surface area (Å²) in [6.45, 7) is 4.17. The molecular weight excluding hydrogens is 235 g/mol. The highest BCUT2D eigenvalue weighted by Crippen LogP contribution is 2.46. The lowest BCUT2D eigenvalue weighted by atomic mass is 9.88. The van der Waals surface area contributed by atoms with Crippen LogP contribution in [0.25, 0.3) is 0 Å². The molecule has 94 valence electrons. The van der Waals surface area contributed by atoms with E-state index >= 15 is 0 Å². The predicted octanol–water partition coefficient (Wildman–Crippen LogP) is 2.92. The van der Waals surface area contributed by atoms with E-state index in [1.54, 1.807) is 6.07 Å². The quantitative estimate of drug-likeness (QED) is 0.643. The summed E-state index contributed by atoms with van der Waals surface area (Å²) in [7, 11) is 0. The van der Waals surface area contributed by atoms with Crippen molar-refractivity contribution in [1.29, 1.82) is 0 Å². The van der Waals surface area contributed by atoms with E-state index in [-0.39, 0.29) is 16.6 Å². The van der Waals surface area contributed by atoms with Gasteiger partial charge in [-0.05, 0) is 55.7 Å². The molecule has 1 aliphatic rings. The Morgan fingerprint density at radius 2 is 2.29 bits per heavy atom. The number of halogens is 1. The monoisotopic (exact) mass is 254 g/mol. The summed E-state index contributed by atoms with van der Waals surface area (Å²) in [4.78, 5) is 0. The summed E-state index contributed by atoms with van der Waals surface area (Å²) in [5, 5.41) is 0. The molecule has 1 aromatic carbocycles. The van der Waals surface area contributed by atoms with Crippen molar-refractivity contribution in [3.05, 3.63) is 35.1 Å². The van der Waals surface area contributed by atoms with E-state index in [2.05, 4.69) is 12.3 Å². The van der Waals surface area contributed by atoms with Crippen molar-refractivity contribution in [3.8, 4) is 0 Å². The van der Waals surface area contributed by atoms with Gasteiger partial charge in [0.15, 0.2) is 0 Å². The van der Waals surface area contributed by atoms with Crippen LogP contribution in [0, 0.1) is 12.7 Å². The molecule has 0 aromatic heterocycles. The van der Waals surface area contributed by atoms with Crippen molar-refractivity contribution in [3.63, 3.8) is 0 Å². The van der Waals surface area contributed by atoms with Crippen LogP contribution in [0.2, 0.25) is 0 Å². The third-order valence-corrected chi connectivity index (χ3v) is 5.16. The van der Waals surface area contributed by atoms with Crippen LogP contribution in [0.4, 0.5) is 4.39 Å². The van der Waals surface area contributed by atoms with Crippen molar-refractivity contribution in [2.45, 2.75) is 37.5 Å². The highest BCUT2D eigenvalue weighted by molar-refractivity contribution is 8.00. The van der Waals surface area contributed by atoms with E-state index in [1.807, 2.05) is 24.8 Å². The molecule has 2 rings (SSSR count). The fourth-order valence-corrected chi connectivity index (χ4v) is 3.99. The first kappa shape index (κ1) is 12.9. The molecule has 3 N–H and O–H groups in total. The smallest absolute Gasteiger partial charge is 0.123 e. The number of hydrazine groups is 1. The van der Waals surface area contributed by atoms with Gasteiger partial charge in [-0.1, -0.05) is 6.07 Å². The summed E-state index contributed by atoms with van der Waals surface area (Å²) in [5.74, 6) is 6.71. The summed E-state index contributed by atoms with van der Waals surface area (Å²) < 4.78 is 13.2. The van der Waals surface area contributed by atoms with Gasteiger partial charge in [0.1, 0.15) is 5.82 Å². The largest absolute Gasteiger partial charge is 0.271 e. The molecule has 0 amide bonds. The molecule has 0 aliphatic carbocycles. The normalized spacial score (nSPS) is 26.1. The second-order valence-electron chi connectivity index (χ2n) is 4.87. The fourth-order valence-electron chi connectivity index (χ4n) is 2.59. The Morgan fingerprint density at radius 1 is 1.53 bits per heavy atom. The van der Waals surface area contributed by atoms with E-state index in [4.69, 9.17) is 5.84 Å². The van der Waals surface area contributed by atoms with Crippen LogP contribution in [-0.4, -0.2) is 10.5 Å². The number of thioether (sulfide) groups is 1. The van der Waals surface area contributed by atoms with Gasteiger partial charge in [0.25, 0.3) is 0 Å². The first-order valence-electron chi connectivity index (χ1n) is 5.93. The molecule has 0 spiro atoms. The van der Waals surface area contributed by atoms with Gasteiger partial charge in [0.05, 0.1) is 6.04 Å². The Bertz CT molecular complexity index is 402. The molecule has 0 saturated carbocycles. The zero-order chi connectivity index (χ0) is 12.5. The average molecular weight is 254 g/mol. The Balaban J connectivity index is 2.34. The molecule has 4 heteroatoms. The fraction of sp³-hybridized carbons (Fsp3) is 0.538. The summed E-state index contributed by atoms with van der Waals surface area (Å²) in [6.07, 6.45) is 2.36. The number of nitrogens with two attached hydrogens (primary N) is 1. The van der Waals surface area contributed by atoms with Gasteiger partial charge in [0, 0.05) is 4.75 Å². The zero-order valence-electron chi connectivity index (χ0n) is 10.3. The maximum absolute atomic E-state index is 13.1. The lowest BCUT2D eigenvalue weighted by Crippen LogP contribution is -2.41. The van der Waals surface area contributed by atoms with Crippen molar-refractivity contribution in [1.82, 2.24) is 5.43 Å². The molecule has 1 heterocycles. The maximum Gasteiger partial charge on any atom is 0.123 e. The van der Waals surface area contributed by atoms with Crippen LogP contribution in [0.1, 0.15) is 36.9 Å². The molecule has 1 aliphatic heterocycles. The van der Waals surface area contributed by atoms with Gasteiger partial charge >= 0.3 is 0 Å². The molecular formula is C13H19FN2S.